The van der Waals surface area contributed by atoms with Crippen LogP contribution in [0, 0.1) is 0 Å². The summed E-state index contributed by atoms with van der Waals surface area (Å²) in [6.07, 6.45) is 1.41. The van der Waals surface area contributed by atoms with Crippen molar-refractivity contribution in [3.05, 3.63) is 95.0 Å². The number of hydrogen-bond donors (Lipinski definition) is 1. The number of halogens is 1. The van der Waals surface area contributed by atoms with Crippen LogP contribution in [0.2, 0.25) is 5.02 Å². The third-order valence-corrected chi connectivity index (χ3v) is 8.87. The van der Waals surface area contributed by atoms with Crippen molar-refractivity contribution in [1.82, 2.24) is 5.43 Å². The van der Waals surface area contributed by atoms with Crippen molar-refractivity contribution in [2.24, 2.45) is 5.10 Å². The summed E-state index contributed by atoms with van der Waals surface area (Å²) >= 11 is 5.97. The Hall–Kier alpha value is -5.14. The van der Waals surface area contributed by atoms with E-state index in [1.54, 1.807) is 42.5 Å². The van der Waals surface area contributed by atoms with E-state index in [4.69, 9.17) is 40.0 Å². The fraction of sp³-hybridized carbons (Fsp3) is 0.235. The topological polar surface area (TPSA) is 134 Å². The summed E-state index contributed by atoms with van der Waals surface area (Å²) in [6, 6.07) is 21.2. The third kappa shape index (κ3) is 8.81. The molecule has 0 atom stereocenters. The minimum Gasteiger partial charge on any atom is -0.497 e. The van der Waals surface area contributed by atoms with Crippen LogP contribution in [-0.4, -0.2) is 62.1 Å². The Kier molecular flexibility index (Phi) is 12.4. The second-order valence-corrected chi connectivity index (χ2v) is 12.2. The van der Waals surface area contributed by atoms with Crippen molar-refractivity contribution in [1.29, 1.82) is 0 Å². The number of amides is 1. The predicted molar refractivity (Wildman–Crippen MR) is 183 cm³/mol. The molecule has 0 heterocycles. The van der Waals surface area contributed by atoms with Gasteiger partial charge in [-0.2, -0.15) is 5.10 Å². The summed E-state index contributed by atoms with van der Waals surface area (Å²) in [5.41, 5.74) is 4.01. The van der Waals surface area contributed by atoms with E-state index < -0.39 is 22.5 Å². The number of nitrogens with one attached hydrogen (secondary N) is 1. The molecule has 14 heteroatoms. The Morgan fingerprint density at radius 3 is 2.15 bits per heavy atom. The normalized spacial score (nSPS) is 11.1. The molecule has 0 bridgehead atoms. The molecule has 254 valence electrons. The Balaban J connectivity index is 1.57. The largest absolute Gasteiger partial charge is 0.497 e. The number of anilines is 1. The first-order chi connectivity index (χ1) is 23.1. The SMILES string of the molecule is CCOc1cc(/C=N\NC(=O)CN(c2cc(OC)ccc2OC)S(=O)(=O)c2ccc(OC)c(OC)c2)ccc1OCc1ccc(Cl)cc1. The molecule has 0 fully saturated rings. The van der Waals surface area contributed by atoms with Crippen LogP contribution in [0.15, 0.2) is 88.9 Å². The van der Waals surface area contributed by atoms with E-state index in [9.17, 15) is 13.2 Å². The minimum atomic E-state index is -4.37. The van der Waals surface area contributed by atoms with Crippen LogP contribution in [0.5, 0.6) is 34.5 Å². The highest BCUT2D eigenvalue weighted by atomic mass is 35.5. The number of ether oxygens (including phenoxy) is 6. The van der Waals surface area contributed by atoms with Crippen LogP contribution in [0.3, 0.4) is 0 Å². The average Bonchev–Trinajstić information content (AvgIpc) is 3.10. The van der Waals surface area contributed by atoms with Crippen molar-refractivity contribution < 1.29 is 41.6 Å². The van der Waals surface area contributed by atoms with Crippen molar-refractivity contribution in [3.8, 4) is 34.5 Å². The van der Waals surface area contributed by atoms with Gasteiger partial charge in [0.2, 0.25) is 0 Å². The van der Waals surface area contributed by atoms with E-state index in [0.717, 1.165) is 9.87 Å². The molecule has 4 rings (SSSR count). The summed E-state index contributed by atoms with van der Waals surface area (Å²) in [6.45, 7) is 1.90. The van der Waals surface area contributed by atoms with Gasteiger partial charge < -0.3 is 28.4 Å². The van der Waals surface area contributed by atoms with Crippen LogP contribution in [0.4, 0.5) is 5.69 Å². The van der Waals surface area contributed by atoms with E-state index >= 15 is 0 Å². The van der Waals surface area contributed by atoms with Gasteiger partial charge in [0.15, 0.2) is 23.0 Å². The van der Waals surface area contributed by atoms with Gasteiger partial charge in [-0.1, -0.05) is 23.7 Å². The Bertz CT molecular complexity index is 1850. The van der Waals surface area contributed by atoms with E-state index in [1.165, 1.54) is 58.9 Å². The molecule has 0 aromatic heterocycles. The molecular weight excluding hydrogens is 662 g/mol. The summed E-state index contributed by atoms with van der Waals surface area (Å²) in [4.78, 5) is 13.1. The zero-order valence-electron chi connectivity index (χ0n) is 27.1. The molecule has 4 aromatic carbocycles. The monoisotopic (exact) mass is 697 g/mol. The van der Waals surface area contributed by atoms with Gasteiger partial charge in [0.05, 0.1) is 51.8 Å². The fourth-order valence-electron chi connectivity index (χ4n) is 4.47. The number of carbonyl (C=O) groups is 1. The van der Waals surface area contributed by atoms with E-state index in [2.05, 4.69) is 10.5 Å². The third-order valence-electron chi connectivity index (χ3n) is 6.86. The summed E-state index contributed by atoms with van der Waals surface area (Å²) in [5.74, 6) is 1.35. The highest BCUT2D eigenvalue weighted by Gasteiger charge is 2.31. The van der Waals surface area contributed by atoms with Crippen LogP contribution in [0.1, 0.15) is 18.1 Å². The second-order valence-electron chi connectivity index (χ2n) is 9.91. The quantitative estimate of drug-likeness (QED) is 0.116. The fourth-order valence-corrected chi connectivity index (χ4v) is 6.04. The van der Waals surface area contributed by atoms with Crippen LogP contribution < -0.4 is 38.2 Å². The van der Waals surface area contributed by atoms with E-state index in [-0.39, 0.29) is 22.1 Å². The number of benzene rings is 4. The molecule has 0 unspecified atom stereocenters. The van der Waals surface area contributed by atoms with Crippen molar-refractivity contribution in [3.63, 3.8) is 0 Å². The molecule has 0 spiro atoms. The summed E-state index contributed by atoms with van der Waals surface area (Å²) in [7, 11) is 1.29. The zero-order chi connectivity index (χ0) is 34.7. The van der Waals surface area contributed by atoms with Gasteiger partial charge in [0, 0.05) is 17.2 Å². The van der Waals surface area contributed by atoms with E-state index in [0.29, 0.717) is 46.8 Å². The lowest BCUT2D eigenvalue weighted by molar-refractivity contribution is -0.119. The van der Waals surface area contributed by atoms with Crippen LogP contribution in [0.25, 0.3) is 0 Å². The Morgan fingerprint density at radius 2 is 1.48 bits per heavy atom. The van der Waals surface area contributed by atoms with Crippen molar-refractivity contribution in [2.45, 2.75) is 18.4 Å². The molecule has 0 aliphatic carbocycles. The van der Waals surface area contributed by atoms with Gasteiger partial charge in [-0.05, 0) is 72.6 Å². The summed E-state index contributed by atoms with van der Waals surface area (Å²) in [5, 5.41) is 4.69. The highest BCUT2D eigenvalue weighted by Crippen LogP contribution is 2.37. The van der Waals surface area contributed by atoms with Gasteiger partial charge in [0.1, 0.15) is 24.7 Å². The Labute approximate surface area is 284 Å². The lowest BCUT2D eigenvalue weighted by Crippen LogP contribution is -2.39. The number of methoxy groups -OCH3 is 4. The Morgan fingerprint density at radius 1 is 0.792 bits per heavy atom. The maximum Gasteiger partial charge on any atom is 0.265 e. The van der Waals surface area contributed by atoms with Gasteiger partial charge in [0.25, 0.3) is 15.9 Å². The number of carbonyl (C=O) groups excluding carboxylic acids is 1. The number of sulfonamides is 1. The molecule has 0 aliphatic heterocycles. The van der Waals surface area contributed by atoms with Crippen molar-refractivity contribution in [2.75, 3.05) is 45.9 Å². The average molecular weight is 698 g/mol. The molecule has 0 saturated heterocycles. The molecule has 1 amide bonds. The van der Waals surface area contributed by atoms with Crippen LogP contribution >= 0.6 is 11.6 Å². The number of hydrazone groups is 1. The van der Waals surface area contributed by atoms with Gasteiger partial charge in [-0.3, -0.25) is 9.10 Å². The smallest absolute Gasteiger partial charge is 0.265 e. The standard InChI is InChI=1S/C34H36ClN3O9S/c1-6-46-33-17-24(9-14-31(33)47-22-23-7-10-25(35)11-8-23)20-36-37-34(39)21-38(28-18-26(42-2)12-15-29(28)43-3)48(40,41)27-13-16-30(44-4)32(19-27)45-5/h7-20H,6,21-22H2,1-5H3,(H,37,39)/b36-20-. The molecule has 48 heavy (non-hydrogen) atoms. The highest BCUT2D eigenvalue weighted by molar-refractivity contribution is 7.92. The van der Waals surface area contributed by atoms with Gasteiger partial charge >= 0.3 is 0 Å². The second kappa shape index (κ2) is 16.6. The maximum atomic E-state index is 14.1. The van der Waals surface area contributed by atoms with Gasteiger partial charge in [-0.25, -0.2) is 13.8 Å². The first kappa shape index (κ1) is 35.7. The lowest BCUT2D eigenvalue weighted by atomic mass is 10.2. The van der Waals surface area contributed by atoms with Gasteiger partial charge in [-0.15, -0.1) is 0 Å². The zero-order valence-corrected chi connectivity index (χ0v) is 28.6. The molecule has 1 N–H and O–H groups in total. The molecule has 12 nitrogen and oxygen atoms in total. The molecule has 0 radical (unpaired) electrons. The summed E-state index contributed by atoms with van der Waals surface area (Å²) < 4.78 is 62.1. The van der Waals surface area contributed by atoms with Crippen LogP contribution in [-0.2, 0) is 21.4 Å². The molecule has 0 saturated carbocycles. The number of rotatable bonds is 16. The number of nitrogens with zero attached hydrogens (tertiary/aromatic N) is 2. The number of hydrogen-bond acceptors (Lipinski definition) is 10. The maximum absolute atomic E-state index is 14.1. The predicted octanol–water partition coefficient (Wildman–Crippen LogP) is 5.70. The molecule has 0 aliphatic rings. The first-order valence-electron chi connectivity index (χ1n) is 14.6. The minimum absolute atomic E-state index is 0.0707. The molecule has 4 aromatic rings. The molecular formula is C34H36ClN3O9S. The van der Waals surface area contributed by atoms with E-state index in [1.807, 2.05) is 19.1 Å². The first-order valence-corrected chi connectivity index (χ1v) is 16.4. The lowest BCUT2D eigenvalue weighted by Gasteiger charge is -2.26. The van der Waals surface area contributed by atoms with Crippen molar-refractivity contribution >= 4 is 39.4 Å².